The van der Waals surface area contributed by atoms with Crippen LogP contribution in [0.2, 0.25) is 0 Å². The van der Waals surface area contributed by atoms with Gasteiger partial charge >= 0.3 is 0 Å². The van der Waals surface area contributed by atoms with E-state index >= 15 is 0 Å². The van der Waals surface area contributed by atoms with Crippen LogP contribution in [0.25, 0.3) is 0 Å². The van der Waals surface area contributed by atoms with Crippen LogP contribution in [0.5, 0.6) is 0 Å². The number of rotatable bonds is 5. The Labute approximate surface area is 105 Å². The summed E-state index contributed by atoms with van der Waals surface area (Å²) < 4.78 is 0. The Morgan fingerprint density at radius 3 is 1.26 bits per heavy atom. The maximum atomic E-state index is 10.1. The van der Waals surface area contributed by atoms with Crippen molar-refractivity contribution >= 4 is 17.9 Å². The highest BCUT2D eigenvalue weighted by atomic mass is 16.9. The fraction of sp³-hybridized carbons (Fsp3) is 0.500. The van der Waals surface area contributed by atoms with Crippen molar-refractivity contribution in [3.63, 3.8) is 0 Å². The Morgan fingerprint density at radius 1 is 0.947 bits per heavy atom. The molecular formula is C6H13N3O10-2. The van der Waals surface area contributed by atoms with Crippen molar-refractivity contribution in [3.8, 4) is 0 Å². The second kappa shape index (κ2) is 10.6. The van der Waals surface area contributed by atoms with E-state index in [2.05, 4.69) is 0 Å². The average molecular weight is 287 g/mol. The van der Waals surface area contributed by atoms with Crippen molar-refractivity contribution in [2.45, 2.75) is 18.4 Å². The maximum Gasteiger partial charge on any atom is 0.114 e. The van der Waals surface area contributed by atoms with Crippen LogP contribution < -0.4 is 27.6 Å². The van der Waals surface area contributed by atoms with Gasteiger partial charge in [-0.25, -0.2) is 0 Å². The molecule has 0 bridgehead atoms. The summed E-state index contributed by atoms with van der Waals surface area (Å²) in [6.45, 7) is 0. The van der Waals surface area contributed by atoms with Gasteiger partial charge in [-0.05, 0) is 0 Å². The zero-order valence-electron chi connectivity index (χ0n) is 9.98. The summed E-state index contributed by atoms with van der Waals surface area (Å²) in [7, 11) is 0. The zero-order chi connectivity index (χ0) is 14.2. The van der Waals surface area contributed by atoms with Crippen LogP contribution in [-0.2, 0) is 14.4 Å². The number of aliphatic hydroxyl groups is 1. The highest BCUT2D eigenvalue weighted by molar-refractivity contribution is 5.86. The summed E-state index contributed by atoms with van der Waals surface area (Å²) in [5, 5.41) is 53.7. The van der Waals surface area contributed by atoms with Gasteiger partial charge in [0.05, 0.1) is 11.1 Å². The second-order valence-electron chi connectivity index (χ2n) is 2.64. The highest BCUT2D eigenvalue weighted by Crippen LogP contribution is 2.13. The van der Waals surface area contributed by atoms with Gasteiger partial charge in [-0.15, -0.1) is 0 Å². The van der Waals surface area contributed by atoms with Gasteiger partial charge in [0.1, 0.15) is 5.60 Å². The number of carboxylic acid groups (broad SMARTS) is 3. The highest BCUT2D eigenvalue weighted by Gasteiger charge is 2.29. The number of carbonyl (C=O) groups is 3. The molecule has 19 heavy (non-hydrogen) atoms. The molecule has 0 aliphatic carbocycles. The Kier molecular flexibility index (Phi) is 14.2. The molecule has 0 fully saturated rings. The predicted molar refractivity (Wildman–Crippen MR) is 51.5 cm³/mol. The molecule has 0 spiro atoms. The van der Waals surface area contributed by atoms with Gasteiger partial charge in [0.25, 0.3) is 0 Å². The molecular weight excluding hydrogens is 274 g/mol. The lowest BCUT2D eigenvalue weighted by Crippen LogP contribution is -2.54. The SMILES string of the molecule is O=C([O-])CC(O)(CC(=O)[O-])C(=O)[O-].O=[N+]([O-])[O-].[NH4+].[NH4+]. The minimum absolute atomic E-state index is 0. The monoisotopic (exact) mass is 287 g/mol. The van der Waals surface area contributed by atoms with Crippen molar-refractivity contribution in [1.29, 1.82) is 0 Å². The van der Waals surface area contributed by atoms with E-state index in [9.17, 15) is 29.7 Å². The molecule has 0 aromatic heterocycles. The van der Waals surface area contributed by atoms with Crippen molar-refractivity contribution < 1.29 is 39.9 Å². The number of aliphatic carboxylic acids is 3. The third-order valence-corrected chi connectivity index (χ3v) is 1.25. The van der Waals surface area contributed by atoms with Crippen molar-refractivity contribution in [2.75, 3.05) is 0 Å². The summed E-state index contributed by atoms with van der Waals surface area (Å²) in [5.41, 5.74) is -2.97. The summed E-state index contributed by atoms with van der Waals surface area (Å²) >= 11 is 0. The van der Waals surface area contributed by atoms with Crippen LogP contribution in [0, 0.1) is 15.3 Å². The van der Waals surface area contributed by atoms with E-state index in [0.29, 0.717) is 0 Å². The number of quaternary nitrogens is 2. The molecule has 13 heteroatoms. The van der Waals surface area contributed by atoms with Crippen molar-refractivity contribution in [1.82, 2.24) is 12.3 Å². The number of hydrogen-bond acceptors (Lipinski definition) is 10. The number of carboxylic acids is 3. The molecule has 0 heterocycles. The normalized spacial score (nSPS) is 8.68. The van der Waals surface area contributed by atoms with Crippen LogP contribution in [0.15, 0.2) is 0 Å². The summed E-state index contributed by atoms with van der Waals surface area (Å²) in [4.78, 5) is 38.2. The standard InChI is InChI=1S/C6H8O7.NO3.2H3N/c7-3(8)1-6(13,5(11)12)2-4(9)10;2-1(3)4;;/h13H,1-2H2,(H,7,8)(H,9,10)(H,11,12);;2*1H3/q;-1;;/p-1. The molecule has 0 unspecified atom stereocenters. The van der Waals surface area contributed by atoms with Gasteiger partial charge in [0.15, 0.2) is 0 Å². The average Bonchev–Trinajstić information content (AvgIpc) is 1.98. The van der Waals surface area contributed by atoms with Crippen molar-refractivity contribution in [2.24, 2.45) is 0 Å². The first kappa shape index (κ1) is 25.4. The maximum absolute atomic E-state index is 10.1. The van der Waals surface area contributed by atoms with E-state index in [-0.39, 0.29) is 12.3 Å². The Hall–Kier alpha value is -2.51. The fourth-order valence-electron chi connectivity index (χ4n) is 0.684. The quantitative estimate of drug-likeness (QED) is 0.320. The smallest absolute Gasteiger partial charge is 0.114 e. The molecule has 0 atom stereocenters. The lowest BCUT2D eigenvalue weighted by atomic mass is 9.96. The fourth-order valence-corrected chi connectivity index (χ4v) is 0.684. The predicted octanol–water partition coefficient (Wildman–Crippen LogP) is -4.74. The summed E-state index contributed by atoms with van der Waals surface area (Å²) in [5.74, 6) is -5.98. The molecule has 0 amide bonds. The zero-order valence-corrected chi connectivity index (χ0v) is 9.98. The van der Waals surface area contributed by atoms with E-state index in [1.807, 2.05) is 0 Å². The van der Waals surface area contributed by atoms with Crippen LogP contribution in [0.3, 0.4) is 0 Å². The number of nitrogens with zero attached hydrogens (tertiary/aromatic N) is 1. The minimum Gasteiger partial charge on any atom is -0.550 e. The largest absolute Gasteiger partial charge is 0.550 e. The molecule has 13 nitrogen and oxygen atoms in total. The molecule has 0 aromatic carbocycles. The van der Waals surface area contributed by atoms with Gasteiger partial charge in [0.2, 0.25) is 0 Å². The molecule has 114 valence electrons. The Bertz CT molecular complexity index is 309. The molecule has 0 radical (unpaired) electrons. The van der Waals surface area contributed by atoms with Crippen LogP contribution in [-0.4, -0.2) is 33.7 Å². The molecule has 0 aromatic rings. The molecule has 0 rings (SSSR count). The second-order valence-corrected chi connectivity index (χ2v) is 2.64. The van der Waals surface area contributed by atoms with E-state index in [1.165, 1.54) is 0 Å². The lowest BCUT2D eigenvalue weighted by molar-refractivity contribution is -0.402. The van der Waals surface area contributed by atoms with Crippen LogP contribution >= 0.6 is 0 Å². The molecule has 9 N–H and O–H groups in total. The van der Waals surface area contributed by atoms with E-state index in [1.54, 1.807) is 0 Å². The lowest BCUT2D eigenvalue weighted by Gasteiger charge is -2.29. The minimum atomic E-state index is -2.97. The van der Waals surface area contributed by atoms with E-state index < -0.39 is 41.4 Å². The summed E-state index contributed by atoms with van der Waals surface area (Å²) in [6, 6.07) is 0. The first-order chi connectivity index (χ1) is 7.51. The first-order valence-electron chi connectivity index (χ1n) is 3.66. The van der Waals surface area contributed by atoms with Crippen molar-refractivity contribution in [3.05, 3.63) is 15.3 Å². The van der Waals surface area contributed by atoms with E-state index in [0.717, 1.165) is 0 Å². The molecule has 0 saturated heterocycles. The van der Waals surface area contributed by atoms with Crippen LogP contribution in [0.1, 0.15) is 12.8 Å². The topological polar surface area (TPSA) is 280 Å². The van der Waals surface area contributed by atoms with Gasteiger partial charge in [0, 0.05) is 24.8 Å². The molecule has 0 aliphatic rings. The van der Waals surface area contributed by atoms with Gasteiger partial charge in [-0.1, -0.05) is 0 Å². The first-order valence-corrected chi connectivity index (χ1v) is 3.66. The Morgan fingerprint density at radius 2 is 1.16 bits per heavy atom. The Balaban J connectivity index is -0.000000165. The third-order valence-electron chi connectivity index (χ3n) is 1.25. The third kappa shape index (κ3) is 15.5. The number of hydrogen-bond donors (Lipinski definition) is 3. The van der Waals surface area contributed by atoms with Crippen LogP contribution in [0.4, 0.5) is 0 Å². The van der Waals surface area contributed by atoms with Gasteiger partial charge < -0.3 is 62.4 Å². The van der Waals surface area contributed by atoms with Gasteiger partial charge in [-0.2, -0.15) is 0 Å². The van der Waals surface area contributed by atoms with Gasteiger partial charge in [-0.3, -0.25) is 0 Å². The molecule has 0 aliphatic heterocycles. The number of carbonyl (C=O) groups excluding carboxylic acids is 3. The molecule has 0 saturated carbocycles. The van der Waals surface area contributed by atoms with E-state index in [4.69, 9.17) is 20.4 Å². The summed E-state index contributed by atoms with van der Waals surface area (Å²) in [6.07, 6.45) is -2.72.